The van der Waals surface area contributed by atoms with Gasteiger partial charge in [0.25, 0.3) is 0 Å². The van der Waals surface area contributed by atoms with E-state index in [1.807, 2.05) is 12.3 Å². The Kier molecular flexibility index (Phi) is 3.80. The monoisotopic (exact) mass is 208 g/mol. The maximum Gasteiger partial charge on any atom is 0.0944 e. The standard InChI is InChI=1S/C12H20N2O/c1-10(12-3-2-6-14-12)15-9-11-4-7-13-8-5-11/h2-3,6,10-11,13-14H,4-5,7-9H2,1H3. The number of nitrogens with one attached hydrogen (secondary N) is 2. The zero-order chi connectivity index (χ0) is 10.5. The molecule has 1 aliphatic rings. The second kappa shape index (κ2) is 5.33. The Morgan fingerprint density at radius 2 is 2.27 bits per heavy atom. The molecule has 1 fully saturated rings. The highest BCUT2D eigenvalue weighted by Crippen LogP contribution is 2.18. The van der Waals surface area contributed by atoms with Gasteiger partial charge in [-0.25, -0.2) is 0 Å². The zero-order valence-electron chi connectivity index (χ0n) is 9.33. The van der Waals surface area contributed by atoms with E-state index in [2.05, 4.69) is 23.3 Å². The average Bonchev–Trinajstić information content (AvgIpc) is 2.81. The first-order chi connectivity index (χ1) is 7.36. The highest BCUT2D eigenvalue weighted by molar-refractivity contribution is 5.06. The largest absolute Gasteiger partial charge is 0.372 e. The third-order valence-corrected chi connectivity index (χ3v) is 3.10. The molecule has 0 saturated carbocycles. The molecule has 15 heavy (non-hydrogen) atoms. The Balaban J connectivity index is 1.73. The highest BCUT2D eigenvalue weighted by Gasteiger charge is 2.15. The molecule has 84 valence electrons. The van der Waals surface area contributed by atoms with Gasteiger partial charge in [0, 0.05) is 11.9 Å². The van der Waals surface area contributed by atoms with Gasteiger partial charge >= 0.3 is 0 Å². The van der Waals surface area contributed by atoms with Crippen molar-refractivity contribution in [2.75, 3.05) is 19.7 Å². The summed E-state index contributed by atoms with van der Waals surface area (Å²) < 4.78 is 5.87. The second-order valence-corrected chi connectivity index (χ2v) is 4.29. The molecule has 1 unspecified atom stereocenters. The van der Waals surface area contributed by atoms with E-state index in [0.717, 1.165) is 25.6 Å². The smallest absolute Gasteiger partial charge is 0.0944 e. The van der Waals surface area contributed by atoms with Crippen LogP contribution in [0.25, 0.3) is 0 Å². The molecule has 3 nitrogen and oxygen atoms in total. The van der Waals surface area contributed by atoms with Gasteiger partial charge in [-0.3, -0.25) is 0 Å². The van der Waals surface area contributed by atoms with Gasteiger partial charge in [0.2, 0.25) is 0 Å². The molecule has 0 bridgehead atoms. The van der Waals surface area contributed by atoms with Gasteiger partial charge in [-0.15, -0.1) is 0 Å². The fourth-order valence-corrected chi connectivity index (χ4v) is 2.02. The normalized spacial score (nSPS) is 20.3. The minimum atomic E-state index is 0.190. The summed E-state index contributed by atoms with van der Waals surface area (Å²) in [4.78, 5) is 3.19. The van der Waals surface area contributed by atoms with Crippen molar-refractivity contribution >= 4 is 0 Å². The molecule has 2 N–H and O–H groups in total. The Bertz CT molecular complexity index is 265. The van der Waals surface area contributed by atoms with E-state index >= 15 is 0 Å². The molecule has 1 atom stereocenters. The maximum absolute atomic E-state index is 5.87. The van der Waals surface area contributed by atoms with Crippen LogP contribution in [0, 0.1) is 5.92 Å². The molecular formula is C12H20N2O. The van der Waals surface area contributed by atoms with Crippen LogP contribution in [0.1, 0.15) is 31.6 Å². The van der Waals surface area contributed by atoms with Crippen molar-refractivity contribution in [2.45, 2.75) is 25.9 Å². The number of ether oxygens (including phenoxy) is 1. The van der Waals surface area contributed by atoms with Crippen LogP contribution < -0.4 is 5.32 Å². The first-order valence-electron chi connectivity index (χ1n) is 5.82. The van der Waals surface area contributed by atoms with Gasteiger partial charge < -0.3 is 15.0 Å². The Morgan fingerprint density at radius 1 is 1.47 bits per heavy atom. The van der Waals surface area contributed by atoms with Gasteiger partial charge in [0.1, 0.15) is 0 Å². The third-order valence-electron chi connectivity index (χ3n) is 3.10. The summed E-state index contributed by atoms with van der Waals surface area (Å²) in [5.41, 5.74) is 1.17. The van der Waals surface area contributed by atoms with E-state index < -0.39 is 0 Å². The molecule has 0 aromatic carbocycles. The predicted octanol–water partition coefficient (Wildman–Crippen LogP) is 2.09. The average molecular weight is 208 g/mol. The number of H-pyrrole nitrogens is 1. The van der Waals surface area contributed by atoms with E-state index in [0.29, 0.717) is 0 Å². The van der Waals surface area contributed by atoms with Gasteiger partial charge in [-0.1, -0.05) is 0 Å². The molecule has 0 radical (unpaired) electrons. The molecule has 3 heteroatoms. The van der Waals surface area contributed by atoms with Crippen LogP contribution in [0.4, 0.5) is 0 Å². The van der Waals surface area contributed by atoms with Crippen LogP contribution in [0.15, 0.2) is 18.3 Å². The summed E-state index contributed by atoms with van der Waals surface area (Å²) in [6, 6.07) is 4.09. The van der Waals surface area contributed by atoms with Crippen LogP contribution in [0.2, 0.25) is 0 Å². The molecule has 0 spiro atoms. The minimum absolute atomic E-state index is 0.190. The lowest BCUT2D eigenvalue weighted by Gasteiger charge is -2.23. The quantitative estimate of drug-likeness (QED) is 0.795. The molecule has 2 heterocycles. The number of rotatable bonds is 4. The van der Waals surface area contributed by atoms with E-state index in [4.69, 9.17) is 4.74 Å². The second-order valence-electron chi connectivity index (χ2n) is 4.29. The number of piperidine rings is 1. The molecule has 1 aromatic rings. The van der Waals surface area contributed by atoms with Gasteiger partial charge in [-0.05, 0) is 50.9 Å². The van der Waals surface area contributed by atoms with Crippen LogP contribution >= 0.6 is 0 Å². The summed E-state index contributed by atoms with van der Waals surface area (Å²) in [5.74, 6) is 0.740. The lowest BCUT2D eigenvalue weighted by atomic mass is 9.99. The van der Waals surface area contributed by atoms with E-state index in [-0.39, 0.29) is 6.10 Å². The van der Waals surface area contributed by atoms with Crippen LogP contribution in [0.5, 0.6) is 0 Å². The van der Waals surface area contributed by atoms with Crippen molar-refractivity contribution in [1.82, 2.24) is 10.3 Å². The summed E-state index contributed by atoms with van der Waals surface area (Å²) in [6.07, 6.45) is 4.63. The lowest BCUT2D eigenvalue weighted by molar-refractivity contribution is 0.0299. The Hall–Kier alpha value is -0.800. The van der Waals surface area contributed by atoms with Gasteiger partial charge in [-0.2, -0.15) is 0 Å². The topological polar surface area (TPSA) is 37.0 Å². The van der Waals surface area contributed by atoms with Crippen LogP contribution in [-0.4, -0.2) is 24.7 Å². The van der Waals surface area contributed by atoms with Crippen molar-refractivity contribution in [3.05, 3.63) is 24.0 Å². The molecule has 2 rings (SSSR count). The van der Waals surface area contributed by atoms with E-state index in [9.17, 15) is 0 Å². The third kappa shape index (κ3) is 3.08. The van der Waals surface area contributed by atoms with Crippen LogP contribution in [0.3, 0.4) is 0 Å². The molecular weight excluding hydrogens is 188 g/mol. The summed E-state index contributed by atoms with van der Waals surface area (Å²) in [7, 11) is 0. The zero-order valence-corrected chi connectivity index (χ0v) is 9.33. The highest BCUT2D eigenvalue weighted by atomic mass is 16.5. The fourth-order valence-electron chi connectivity index (χ4n) is 2.02. The van der Waals surface area contributed by atoms with Gasteiger partial charge in [0.05, 0.1) is 12.7 Å². The first kappa shape index (κ1) is 10.7. The molecule has 1 saturated heterocycles. The number of aromatic nitrogens is 1. The van der Waals surface area contributed by atoms with Crippen molar-refractivity contribution in [2.24, 2.45) is 5.92 Å². The Labute approximate surface area is 91.2 Å². The van der Waals surface area contributed by atoms with Crippen molar-refractivity contribution in [3.8, 4) is 0 Å². The molecule has 1 aliphatic heterocycles. The van der Waals surface area contributed by atoms with Crippen LogP contribution in [-0.2, 0) is 4.74 Å². The van der Waals surface area contributed by atoms with E-state index in [1.165, 1.54) is 18.5 Å². The molecule has 0 aliphatic carbocycles. The molecule has 1 aromatic heterocycles. The molecule has 0 amide bonds. The Morgan fingerprint density at radius 3 is 2.93 bits per heavy atom. The van der Waals surface area contributed by atoms with Gasteiger partial charge in [0.15, 0.2) is 0 Å². The van der Waals surface area contributed by atoms with Crippen molar-refractivity contribution < 1.29 is 4.74 Å². The fraction of sp³-hybridized carbons (Fsp3) is 0.667. The maximum atomic E-state index is 5.87. The van der Waals surface area contributed by atoms with E-state index in [1.54, 1.807) is 0 Å². The first-order valence-corrected chi connectivity index (χ1v) is 5.82. The minimum Gasteiger partial charge on any atom is -0.372 e. The number of hydrogen-bond donors (Lipinski definition) is 2. The number of aromatic amines is 1. The predicted molar refractivity (Wildman–Crippen MR) is 60.8 cm³/mol. The lowest BCUT2D eigenvalue weighted by Crippen LogP contribution is -2.30. The summed E-state index contributed by atoms with van der Waals surface area (Å²) in [6.45, 7) is 5.28. The number of hydrogen-bond acceptors (Lipinski definition) is 2. The summed E-state index contributed by atoms with van der Waals surface area (Å²) in [5, 5.41) is 3.37. The van der Waals surface area contributed by atoms with Crippen molar-refractivity contribution in [3.63, 3.8) is 0 Å². The SMILES string of the molecule is CC(OCC1CCNCC1)c1ccc[nH]1. The van der Waals surface area contributed by atoms with Crippen molar-refractivity contribution in [1.29, 1.82) is 0 Å². The summed E-state index contributed by atoms with van der Waals surface area (Å²) >= 11 is 0.